The minimum absolute atomic E-state index is 0.0237. The zero-order valence-electron chi connectivity index (χ0n) is 9.98. The summed E-state index contributed by atoms with van der Waals surface area (Å²) in [6.07, 6.45) is -5.75. The van der Waals surface area contributed by atoms with Crippen molar-refractivity contribution in [2.75, 3.05) is 0 Å². The highest BCUT2D eigenvalue weighted by Crippen LogP contribution is 2.41. The molecule has 0 saturated heterocycles. The third-order valence-corrected chi connectivity index (χ3v) is 2.84. The first-order valence-electron chi connectivity index (χ1n) is 5.48. The Balaban J connectivity index is 2.42. The lowest BCUT2D eigenvalue weighted by Crippen LogP contribution is -2.56. The van der Waals surface area contributed by atoms with Gasteiger partial charge in [-0.3, -0.25) is 4.79 Å². The van der Waals surface area contributed by atoms with E-state index >= 15 is 0 Å². The summed E-state index contributed by atoms with van der Waals surface area (Å²) >= 11 is 0. The predicted octanol–water partition coefficient (Wildman–Crippen LogP) is 1.89. The fourth-order valence-corrected chi connectivity index (χ4v) is 1.89. The molecule has 0 saturated carbocycles. The van der Waals surface area contributed by atoms with Crippen molar-refractivity contribution < 1.29 is 23.1 Å². The highest BCUT2D eigenvalue weighted by molar-refractivity contribution is 6.03. The Kier molecular flexibility index (Phi) is 3.09. The van der Waals surface area contributed by atoms with Crippen LogP contribution in [0, 0.1) is 0 Å². The molecule has 4 nitrogen and oxygen atoms in total. The van der Waals surface area contributed by atoms with Gasteiger partial charge in [-0.05, 0) is 5.56 Å². The van der Waals surface area contributed by atoms with Gasteiger partial charge in [0, 0.05) is 6.92 Å². The van der Waals surface area contributed by atoms with Crippen LogP contribution in [0.1, 0.15) is 18.9 Å². The Hall–Kier alpha value is -1.89. The van der Waals surface area contributed by atoms with E-state index in [-0.39, 0.29) is 10.7 Å². The Morgan fingerprint density at radius 2 is 1.95 bits per heavy atom. The van der Waals surface area contributed by atoms with E-state index in [1.807, 2.05) is 0 Å². The molecule has 102 valence electrons. The van der Waals surface area contributed by atoms with E-state index in [0.29, 0.717) is 5.56 Å². The molecule has 0 aromatic heterocycles. The van der Waals surface area contributed by atoms with E-state index in [1.165, 1.54) is 0 Å². The van der Waals surface area contributed by atoms with Crippen molar-refractivity contribution in [2.45, 2.75) is 25.2 Å². The molecular formula is C12H11F3N2O2. The number of rotatable bonds is 1. The molecule has 1 amide bonds. The Morgan fingerprint density at radius 1 is 1.37 bits per heavy atom. The number of hydrazone groups is 1. The minimum atomic E-state index is -4.97. The average molecular weight is 272 g/mol. The summed E-state index contributed by atoms with van der Waals surface area (Å²) in [5, 5.41) is 13.5. The van der Waals surface area contributed by atoms with Gasteiger partial charge in [0.25, 0.3) is 5.72 Å². The first kappa shape index (κ1) is 13.5. The number of nitrogens with zero attached hydrogens (tertiary/aromatic N) is 2. The third kappa shape index (κ3) is 2.21. The maximum atomic E-state index is 12.9. The van der Waals surface area contributed by atoms with Gasteiger partial charge < -0.3 is 5.11 Å². The van der Waals surface area contributed by atoms with E-state index in [0.717, 1.165) is 6.92 Å². The van der Waals surface area contributed by atoms with E-state index in [4.69, 9.17) is 0 Å². The molecule has 19 heavy (non-hydrogen) atoms. The predicted molar refractivity (Wildman–Crippen MR) is 61.1 cm³/mol. The zero-order valence-corrected chi connectivity index (χ0v) is 9.98. The van der Waals surface area contributed by atoms with Gasteiger partial charge in [-0.2, -0.15) is 23.3 Å². The van der Waals surface area contributed by atoms with Crippen molar-refractivity contribution in [1.82, 2.24) is 5.01 Å². The minimum Gasteiger partial charge on any atom is -0.362 e. The molecule has 1 heterocycles. The second-order valence-electron chi connectivity index (χ2n) is 4.23. The SMILES string of the molecule is CC(=O)N1N=C(c2ccccc2)CC1(O)C(F)(F)F. The summed E-state index contributed by atoms with van der Waals surface area (Å²) in [7, 11) is 0. The van der Waals surface area contributed by atoms with Crippen LogP contribution in [-0.2, 0) is 4.79 Å². The average Bonchev–Trinajstić information content (AvgIpc) is 2.69. The van der Waals surface area contributed by atoms with Crippen LogP contribution in [0.2, 0.25) is 0 Å². The molecule has 1 atom stereocenters. The molecule has 1 aromatic carbocycles. The summed E-state index contributed by atoms with van der Waals surface area (Å²) in [5.41, 5.74) is -2.81. The molecule has 0 bridgehead atoms. The number of carbonyl (C=O) groups is 1. The van der Waals surface area contributed by atoms with Gasteiger partial charge >= 0.3 is 6.18 Å². The van der Waals surface area contributed by atoms with Crippen LogP contribution in [0.25, 0.3) is 0 Å². The van der Waals surface area contributed by atoms with Crippen LogP contribution in [0.15, 0.2) is 35.4 Å². The normalized spacial score (nSPS) is 23.4. The van der Waals surface area contributed by atoms with Crippen LogP contribution in [0.5, 0.6) is 0 Å². The van der Waals surface area contributed by atoms with Gasteiger partial charge in [0.15, 0.2) is 0 Å². The van der Waals surface area contributed by atoms with Crippen LogP contribution in [-0.4, -0.2) is 33.6 Å². The van der Waals surface area contributed by atoms with Gasteiger partial charge in [0.05, 0.1) is 12.1 Å². The first-order chi connectivity index (χ1) is 8.75. The number of hydrogen-bond donors (Lipinski definition) is 1. The van der Waals surface area contributed by atoms with Gasteiger partial charge in [-0.1, -0.05) is 30.3 Å². The molecule has 0 spiro atoms. The van der Waals surface area contributed by atoms with Gasteiger partial charge in [-0.15, -0.1) is 0 Å². The Morgan fingerprint density at radius 3 is 2.37 bits per heavy atom. The van der Waals surface area contributed by atoms with Gasteiger partial charge in [-0.25, -0.2) is 0 Å². The number of alkyl halides is 3. The highest BCUT2D eigenvalue weighted by Gasteiger charge is 2.62. The summed E-state index contributed by atoms with van der Waals surface area (Å²) in [6, 6.07) is 8.12. The van der Waals surface area contributed by atoms with Crippen LogP contribution in [0.4, 0.5) is 13.2 Å². The molecule has 1 aliphatic rings. The Labute approximate surface area is 107 Å². The number of halogens is 3. The van der Waals surface area contributed by atoms with Crippen molar-refractivity contribution in [3.8, 4) is 0 Å². The van der Waals surface area contributed by atoms with E-state index in [9.17, 15) is 23.1 Å². The largest absolute Gasteiger partial charge is 0.438 e. The number of carbonyl (C=O) groups excluding carboxylic acids is 1. The molecule has 0 radical (unpaired) electrons. The summed E-state index contributed by atoms with van der Waals surface area (Å²) in [4.78, 5) is 11.2. The molecule has 2 rings (SSSR count). The lowest BCUT2D eigenvalue weighted by molar-refractivity contribution is -0.301. The van der Waals surface area contributed by atoms with Crippen molar-refractivity contribution in [2.24, 2.45) is 5.10 Å². The summed E-state index contributed by atoms with van der Waals surface area (Å²) in [6.45, 7) is 0.925. The molecule has 1 aliphatic heterocycles. The standard InChI is InChI=1S/C12H11F3N2O2/c1-8(18)17-11(19,12(13,14)15)7-10(16-17)9-5-3-2-4-6-9/h2-6,19H,7H2,1H3. The molecule has 1 unspecified atom stereocenters. The van der Waals surface area contributed by atoms with Crippen molar-refractivity contribution in [1.29, 1.82) is 0 Å². The smallest absolute Gasteiger partial charge is 0.362 e. The molecule has 1 N–H and O–H groups in total. The van der Waals surface area contributed by atoms with E-state index < -0.39 is 24.2 Å². The molecule has 7 heteroatoms. The van der Waals surface area contributed by atoms with Crippen molar-refractivity contribution in [3.63, 3.8) is 0 Å². The monoisotopic (exact) mass is 272 g/mol. The van der Waals surface area contributed by atoms with Crippen LogP contribution >= 0.6 is 0 Å². The number of benzene rings is 1. The zero-order chi connectivity index (χ0) is 14.3. The van der Waals surface area contributed by atoms with Gasteiger partial charge in [0.2, 0.25) is 5.91 Å². The van der Waals surface area contributed by atoms with Gasteiger partial charge in [0.1, 0.15) is 0 Å². The quantitative estimate of drug-likeness (QED) is 0.848. The topological polar surface area (TPSA) is 52.9 Å². The second-order valence-corrected chi connectivity index (χ2v) is 4.23. The number of aliphatic hydroxyl groups is 1. The van der Waals surface area contributed by atoms with E-state index in [2.05, 4.69) is 5.10 Å². The molecular weight excluding hydrogens is 261 g/mol. The molecule has 1 aromatic rings. The molecule has 0 fully saturated rings. The number of amides is 1. The van der Waals surface area contributed by atoms with Crippen molar-refractivity contribution >= 4 is 11.6 Å². The third-order valence-electron chi connectivity index (χ3n) is 2.84. The van der Waals surface area contributed by atoms with E-state index in [1.54, 1.807) is 30.3 Å². The first-order valence-corrected chi connectivity index (χ1v) is 5.48. The molecule has 0 aliphatic carbocycles. The summed E-state index contributed by atoms with van der Waals surface area (Å²) in [5.74, 6) is -0.967. The summed E-state index contributed by atoms with van der Waals surface area (Å²) < 4.78 is 38.8. The lowest BCUT2D eigenvalue weighted by atomic mass is 10.0. The van der Waals surface area contributed by atoms with Crippen LogP contribution < -0.4 is 0 Å². The fourth-order valence-electron chi connectivity index (χ4n) is 1.89. The van der Waals surface area contributed by atoms with Crippen LogP contribution in [0.3, 0.4) is 0 Å². The Bertz CT molecular complexity index is 528. The second kappa shape index (κ2) is 4.34. The number of hydrogen-bond acceptors (Lipinski definition) is 3. The highest BCUT2D eigenvalue weighted by atomic mass is 19.4. The maximum absolute atomic E-state index is 12.9. The van der Waals surface area contributed by atoms with Crippen molar-refractivity contribution in [3.05, 3.63) is 35.9 Å². The fraction of sp³-hybridized carbons (Fsp3) is 0.333. The maximum Gasteiger partial charge on any atom is 0.438 e. The lowest BCUT2D eigenvalue weighted by Gasteiger charge is -2.31.